The largest absolute Gasteiger partial charge is 0.378 e. The first-order chi connectivity index (χ1) is 16.2. The molecule has 1 aromatic heterocycles. The van der Waals surface area contributed by atoms with E-state index in [2.05, 4.69) is 29.5 Å². The molecule has 34 heavy (non-hydrogen) atoms. The van der Waals surface area contributed by atoms with Gasteiger partial charge in [-0.2, -0.15) is 0 Å². The maximum atomic E-state index is 13.4. The maximum absolute atomic E-state index is 13.4. The highest BCUT2D eigenvalue weighted by molar-refractivity contribution is 7.92. The van der Waals surface area contributed by atoms with Crippen LogP contribution in [0.5, 0.6) is 0 Å². The minimum atomic E-state index is -3.79. The Morgan fingerprint density at radius 2 is 1.71 bits per heavy atom. The van der Waals surface area contributed by atoms with Gasteiger partial charge in [0.05, 0.1) is 28.7 Å². The fraction of sp³-hybridized carbons (Fsp3) is 0.346. The Kier molecular flexibility index (Phi) is 7.12. The number of nitrogens with zero attached hydrogens (tertiary/aromatic N) is 1. The fourth-order valence-electron chi connectivity index (χ4n) is 4.53. The third-order valence-electron chi connectivity index (χ3n) is 6.25. The number of Topliss-reactive ketones (excluding diaryl/α,β-unsaturated/α-hetero) is 1. The smallest absolute Gasteiger partial charge is 0.261 e. The Labute approximate surface area is 205 Å². The molecule has 6 nitrogen and oxygen atoms in total. The van der Waals surface area contributed by atoms with E-state index in [0.29, 0.717) is 23.8 Å². The first kappa shape index (κ1) is 24.4. The van der Waals surface area contributed by atoms with E-state index in [9.17, 15) is 13.2 Å². The Balaban J connectivity index is 1.60. The van der Waals surface area contributed by atoms with Crippen LogP contribution in [-0.2, 0) is 21.2 Å². The van der Waals surface area contributed by atoms with Crippen molar-refractivity contribution in [3.8, 4) is 0 Å². The lowest BCUT2D eigenvalue weighted by Crippen LogP contribution is -2.37. The van der Waals surface area contributed by atoms with Gasteiger partial charge in [-0.25, -0.2) is 8.42 Å². The summed E-state index contributed by atoms with van der Waals surface area (Å²) in [5.41, 5.74) is 6.83. The number of ketones is 1. The number of carbonyl (C=O) groups is 1. The lowest BCUT2D eigenvalue weighted by molar-refractivity contribution is 0.0997. The van der Waals surface area contributed by atoms with Crippen molar-refractivity contribution in [3.63, 3.8) is 0 Å². The number of rotatable bonds is 7. The summed E-state index contributed by atoms with van der Waals surface area (Å²) in [6, 6.07) is 10.4. The van der Waals surface area contributed by atoms with Gasteiger partial charge in [0.15, 0.2) is 5.78 Å². The molecule has 3 aromatic rings. The molecule has 2 heterocycles. The van der Waals surface area contributed by atoms with E-state index in [4.69, 9.17) is 4.74 Å². The number of nitrogens with one attached hydrogen (secondary N) is 1. The summed E-state index contributed by atoms with van der Waals surface area (Å²) in [5.74, 6) is -0.0976. The predicted molar refractivity (Wildman–Crippen MR) is 138 cm³/mol. The molecule has 8 heteroatoms. The molecule has 0 amide bonds. The summed E-state index contributed by atoms with van der Waals surface area (Å²) in [7, 11) is -3.79. The molecular formula is C26H30N2O4S2. The number of morpholine rings is 1. The molecule has 1 saturated heterocycles. The fourth-order valence-corrected chi connectivity index (χ4v) is 6.45. The third kappa shape index (κ3) is 5.04. The second kappa shape index (κ2) is 9.90. The number of thiophene rings is 1. The minimum Gasteiger partial charge on any atom is -0.378 e. The SMILES string of the molecule is Cc1ccc(S(=O)(=O)Nc2ccsc2C(=O)Cc2c(C)cc(C)c(N3CCOCC3)c2C)cc1. The van der Waals surface area contributed by atoms with Gasteiger partial charge in [-0.05, 0) is 73.5 Å². The summed E-state index contributed by atoms with van der Waals surface area (Å²) in [6.45, 7) is 11.2. The number of ether oxygens (including phenoxy) is 1. The van der Waals surface area contributed by atoms with Crippen LogP contribution in [0.15, 0.2) is 46.7 Å². The molecule has 180 valence electrons. The molecule has 0 unspecified atom stereocenters. The van der Waals surface area contributed by atoms with E-state index >= 15 is 0 Å². The van der Waals surface area contributed by atoms with Gasteiger partial charge in [-0.3, -0.25) is 9.52 Å². The maximum Gasteiger partial charge on any atom is 0.261 e. The van der Waals surface area contributed by atoms with E-state index < -0.39 is 10.0 Å². The van der Waals surface area contributed by atoms with Gasteiger partial charge in [0, 0.05) is 25.2 Å². The number of hydrogen-bond donors (Lipinski definition) is 1. The summed E-state index contributed by atoms with van der Waals surface area (Å²) in [6.07, 6.45) is 0.217. The number of hydrogen-bond acceptors (Lipinski definition) is 6. The monoisotopic (exact) mass is 498 g/mol. The van der Waals surface area contributed by atoms with Crippen molar-refractivity contribution in [1.82, 2.24) is 0 Å². The van der Waals surface area contributed by atoms with Crippen LogP contribution in [0.25, 0.3) is 0 Å². The zero-order chi connectivity index (χ0) is 24.5. The first-order valence-electron chi connectivity index (χ1n) is 11.3. The highest BCUT2D eigenvalue weighted by atomic mass is 32.2. The number of benzene rings is 2. The molecule has 1 fully saturated rings. The molecule has 4 rings (SSSR count). The first-order valence-corrected chi connectivity index (χ1v) is 13.7. The summed E-state index contributed by atoms with van der Waals surface area (Å²) in [4.78, 5) is 16.3. The van der Waals surface area contributed by atoms with Gasteiger partial charge in [0.1, 0.15) is 0 Å². The zero-order valence-electron chi connectivity index (χ0n) is 20.0. The highest BCUT2D eigenvalue weighted by Crippen LogP contribution is 2.33. The van der Waals surface area contributed by atoms with Crippen LogP contribution in [0.4, 0.5) is 11.4 Å². The second-order valence-electron chi connectivity index (χ2n) is 8.74. The van der Waals surface area contributed by atoms with Gasteiger partial charge < -0.3 is 9.64 Å². The molecule has 0 bridgehead atoms. The summed E-state index contributed by atoms with van der Waals surface area (Å²) >= 11 is 1.26. The van der Waals surface area contributed by atoms with Crippen LogP contribution in [0.1, 0.15) is 37.5 Å². The van der Waals surface area contributed by atoms with Crippen molar-refractivity contribution in [2.45, 2.75) is 39.0 Å². The van der Waals surface area contributed by atoms with E-state index in [0.717, 1.165) is 35.3 Å². The van der Waals surface area contributed by atoms with Crippen molar-refractivity contribution in [2.24, 2.45) is 0 Å². The molecule has 1 aliphatic rings. The molecule has 0 radical (unpaired) electrons. The van der Waals surface area contributed by atoms with Crippen LogP contribution in [0.3, 0.4) is 0 Å². The second-order valence-corrected chi connectivity index (χ2v) is 11.3. The highest BCUT2D eigenvalue weighted by Gasteiger charge is 2.23. The van der Waals surface area contributed by atoms with Crippen molar-refractivity contribution < 1.29 is 17.9 Å². The lowest BCUT2D eigenvalue weighted by atomic mass is 9.92. The van der Waals surface area contributed by atoms with E-state index in [1.54, 1.807) is 35.7 Å². The average molecular weight is 499 g/mol. The van der Waals surface area contributed by atoms with Crippen LogP contribution in [-0.4, -0.2) is 40.5 Å². The summed E-state index contributed by atoms with van der Waals surface area (Å²) < 4.78 is 33.9. The quantitative estimate of drug-likeness (QED) is 0.462. The van der Waals surface area contributed by atoms with Gasteiger partial charge in [0.25, 0.3) is 10.0 Å². The zero-order valence-corrected chi connectivity index (χ0v) is 21.6. The third-order valence-corrected chi connectivity index (χ3v) is 8.59. The van der Waals surface area contributed by atoms with Gasteiger partial charge >= 0.3 is 0 Å². The van der Waals surface area contributed by atoms with Crippen molar-refractivity contribution in [3.05, 3.63) is 74.5 Å². The predicted octanol–water partition coefficient (Wildman–Crippen LogP) is 5.04. The topological polar surface area (TPSA) is 75.7 Å². The van der Waals surface area contributed by atoms with Crippen molar-refractivity contribution in [1.29, 1.82) is 0 Å². The standard InChI is InChI=1S/C26H30N2O4S2/c1-17-5-7-21(8-6-17)34(30,31)27-23-9-14-33-26(23)24(29)16-22-18(2)15-19(3)25(20(22)4)28-10-12-32-13-11-28/h5-9,14-15,27H,10-13,16H2,1-4H3. The van der Waals surface area contributed by atoms with E-state index in [1.165, 1.54) is 22.6 Å². The molecule has 0 atom stereocenters. The van der Waals surface area contributed by atoms with Gasteiger partial charge in [0.2, 0.25) is 0 Å². The van der Waals surface area contributed by atoms with Gasteiger partial charge in [-0.15, -0.1) is 11.3 Å². The Hall–Kier alpha value is -2.68. The van der Waals surface area contributed by atoms with Crippen LogP contribution >= 0.6 is 11.3 Å². The average Bonchev–Trinajstić information content (AvgIpc) is 3.25. The molecular weight excluding hydrogens is 468 g/mol. The van der Waals surface area contributed by atoms with Crippen molar-refractivity contribution >= 4 is 38.5 Å². The van der Waals surface area contributed by atoms with Gasteiger partial charge in [-0.1, -0.05) is 23.8 Å². The number of anilines is 2. The van der Waals surface area contributed by atoms with Crippen LogP contribution in [0.2, 0.25) is 0 Å². The molecule has 2 aromatic carbocycles. The normalized spacial score (nSPS) is 14.3. The molecule has 0 saturated carbocycles. The number of carbonyl (C=O) groups excluding carboxylic acids is 1. The van der Waals surface area contributed by atoms with Crippen LogP contribution < -0.4 is 9.62 Å². The summed E-state index contributed by atoms with van der Waals surface area (Å²) in [5, 5.41) is 1.74. The minimum absolute atomic E-state index is 0.0976. The Morgan fingerprint density at radius 1 is 1.03 bits per heavy atom. The lowest BCUT2D eigenvalue weighted by Gasteiger charge is -2.32. The Morgan fingerprint density at radius 3 is 2.38 bits per heavy atom. The molecule has 1 aliphatic heterocycles. The molecule has 0 spiro atoms. The molecule has 0 aliphatic carbocycles. The number of aryl methyl sites for hydroxylation is 3. The van der Waals surface area contributed by atoms with Crippen molar-refractivity contribution in [2.75, 3.05) is 35.9 Å². The van der Waals surface area contributed by atoms with Crippen LogP contribution in [0, 0.1) is 27.7 Å². The van der Waals surface area contributed by atoms with E-state index in [1.807, 2.05) is 13.8 Å². The number of sulfonamides is 1. The van der Waals surface area contributed by atoms with E-state index in [-0.39, 0.29) is 17.1 Å². The molecule has 1 N–H and O–H groups in total. The Bertz CT molecular complexity index is 1310.